The second-order valence-electron chi connectivity index (χ2n) is 4.48. The zero-order chi connectivity index (χ0) is 11.6. The molecule has 1 amide bonds. The van der Waals surface area contributed by atoms with E-state index in [0.717, 1.165) is 19.4 Å². The fourth-order valence-corrected chi connectivity index (χ4v) is 3.55. The first-order valence-electron chi connectivity index (χ1n) is 5.81. The van der Waals surface area contributed by atoms with E-state index in [0.29, 0.717) is 19.5 Å². The van der Waals surface area contributed by atoms with Crippen molar-refractivity contribution in [3.05, 3.63) is 0 Å². The number of carbonyl (C=O) groups excluding carboxylic acids is 1. The number of sulfone groups is 1. The zero-order valence-electron chi connectivity index (χ0n) is 9.31. The topological polar surface area (TPSA) is 66.5 Å². The fraction of sp³-hybridized carbons (Fsp3) is 0.900. The molecule has 5 nitrogen and oxygen atoms in total. The number of rotatable bonds is 1. The molecule has 1 N–H and O–H groups in total. The van der Waals surface area contributed by atoms with Gasteiger partial charge in [-0.3, -0.25) is 4.79 Å². The Morgan fingerprint density at radius 1 is 1.19 bits per heavy atom. The van der Waals surface area contributed by atoms with Crippen LogP contribution in [0.3, 0.4) is 0 Å². The molecule has 0 aromatic carbocycles. The number of nitrogens with zero attached hydrogens (tertiary/aromatic N) is 1. The van der Waals surface area contributed by atoms with Gasteiger partial charge in [0.15, 0.2) is 9.84 Å². The summed E-state index contributed by atoms with van der Waals surface area (Å²) in [6, 6.07) is -0.0826. The molecular formula is C10H18N2O3S. The fourth-order valence-electron chi connectivity index (χ4n) is 2.27. The second-order valence-corrected chi connectivity index (χ2v) is 6.78. The van der Waals surface area contributed by atoms with E-state index in [-0.39, 0.29) is 23.5 Å². The molecule has 0 radical (unpaired) electrons. The van der Waals surface area contributed by atoms with Gasteiger partial charge in [-0.05, 0) is 25.8 Å². The van der Waals surface area contributed by atoms with E-state index in [9.17, 15) is 13.2 Å². The summed E-state index contributed by atoms with van der Waals surface area (Å²) in [5.41, 5.74) is 0. The van der Waals surface area contributed by atoms with Gasteiger partial charge in [-0.2, -0.15) is 0 Å². The molecule has 2 heterocycles. The predicted octanol–water partition coefficient (Wildman–Crippen LogP) is -0.614. The number of hydrogen-bond acceptors (Lipinski definition) is 4. The Morgan fingerprint density at radius 3 is 2.69 bits per heavy atom. The van der Waals surface area contributed by atoms with Crippen LogP contribution in [-0.2, 0) is 14.6 Å². The quantitative estimate of drug-likeness (QED) is 0.670. The Hall–Kier alpha value is -0.620. The molecule has 0 aromatic rings. The van der Waals surface area contributed by atoms with Crippen LogP contribution in [0.4, 0.5) is 0 Å². The van der Waals surface area contributed by atoms with E-state index in [2.05, 4.69) is 5.32 Å². The Balaban J connectivity index is 1.96. The van der Waals surface area contributed by atoms with Crippen molar-refractivity contribution in [2.75, 3.05) is 31.1 Å². The van der Waals surface area contributed by atoms with Crippen molar-refractivity contribution < 1.29 is 13.2 Å². The third-order valence-electron chi connectivity index (χ3n) is 3.23. The molecule has 2 rings (SSSR count). The summed E-state index contributed by atoms with van der Waals surface area (Å²) in [4.78, 5) is 13.7. The summed E-state index contributed by atoms with van der Waals surface area (Å²) in [7, 11) is -2.92. The van der Waals surface area contributed by atoms with Gasteiger partial charge in [0.1, 0.15) is 0 Å². The number of hydrogen-bond donors (Lipinski definition) is 1. The Bertz CT molecular complexity index is 360. The van der Waals surface area contributed by atoms with Gasteiger partial charge in [0.25, 0.3) is 0 Å². The van der Waals surface area contributed by atoms with Crippen molar-refractivity contribution in [1.29, 1.82) is 0 Å². The maximum Gasteiger partial charge on any atom is 0.239 e. The number of amides is 1. The summed E-state index contributed by atoms with van der Waals surface area (Å²) in [6.45, 7) is 1.83. The van der Waals surface area contributed by atoms with Gasteiger partial charge in [0, 0.05) is 13.1 Å². The summed E-state index contributed by atoms with van der Waals surface area (Å²) in [5, 5.41) is 3.15. The first-order chi connectivity index (χ1) is 7.58. The van der Waals surface area contributed by atoms with Crippen molar-refractivity contribution in [1.82, 2.24) is 10.2 Å². The van der Waals surface area contributed by atoms with Crippen LogP contribution in [0.25, 0.3) is 0 Å². The van der Waals surface area contributed by atoms with Crippen molar-refractivity contribution in [3.63, 3.8) is 0 Å². The lowest BCUT2D eigenvalue weighted by molar-refractivity contribution is -0.132. The van der Waals surface area contributed by atoms with Crippen LogP contribution in [-0.4, -0.2) is 56.4 Å². The average Bonchev–Trinajstić information content (AvgIpc) is 2.69. The molecule has 2 saturated heterocycles. The summed E-state index contributed by atoms with van der Waals surface area (Å²) < 4.78 is 22.8. The molecule has 0 unspecified atom stereocenters. The first-order valence-corrected chi connectivity index (χ1v) is 7.63. The summed E-state index contributed by atoms with van der Waals surface area (Å²) in [6.07, 6.45) is 2.48. The van der Waals surface area contributed by atoms with Crippen LogP contribution in [0.2, 0.25) is 0 Å². The normalized spacial score (nSPS) is 30.0. The lowest BCUT2D eigenvalue weighted by Crippen LogP contribution is -2.44. The van der Waals surface area contributed by atoms with Crippen molar-refractivity contribution in [2.24, 2.45) is 0 Å². The molecule has 0 aromatic heterocycles. The third-order valence-corrected chi connectivity index (χ3v) is 4.94. The average molecular weight is 246 g/mol. The van der Waals surface area contributed by atoms with E-state index in [1.54, 1.807) is 4.90 Å². The van der Waals surface area contributed by atoms with Crippen molar-refractivity contribution in [3.8, 4) is 0 Å². The maximum atomic E-state index is 12.0. The molecule has 0 aliphatic carbocycles. The van der Waals surface area contributed by atoms with Crippen LogP contribution >= 0.6 is 0 Å². The SMILES string of the molecule is O=C([C@@H]1CCCN1)N1CCCS(=O)(=O)CC1. The third kappa shape index (κ3) is 2.74. The molecule has 0 bridgehead atoms. The van der Waals surface area contributed by atoms with Gasteiger partial charge in [-0.15, -0.1) is 0 Å². The number of nitrogens with one attached hydrogen (secondary N) is 1. The molecule has 2 aliphatic rings. The molecule has 2 fully saturated rings. The molecule has 1 atom stereocenters. The largest absolute Gasteiger partial charge is 0.340 e. The van der Waals surface area contributed by atoms with E-state index < -0.39 is 9.84 Å². The minimum absolute atomic E-state index is 0.0783. The number of carbonyl (C=O) groups is 1. The van der Waals surface area contributed by atoms with E-state index >= 15 is 0 Å². The summed E-state index contributed by atoms with van der Waals surface area (Å²) in [5.74, 6) is 0.412. The van der Waals surface area contributed by atoms with Crippen LogP contribution in [0, 0.1) is 0 Å². The standard InChI is InChI=1S/C10H18N2O3S/c13-10(9-3-1-4-11-9)12-5-2-7-16(14,15)8-6-12/h9,11H,1-8H2/t9-/m0/s1. The molecular weight excluding hydrogens is 228 g/mol. The van der Waals surface area contributed by atoms with Crippen molar-refractivity contribution in [2.45, 2.75) is 25.3 Å². The monoisotopic (exact) mass is 246 g/mol. The van der Waals surface area contributed by atoms with Gasteiger partial charge >= 0.3 is 0 Å². The van der Waals surface area contributed by atoms with Gasteiger partial charge in [0.2, 0.25) is 5.91 Å². The highest BCUT2D eigenvalue weighted by Crippen LogP contribution is 2.11. The minimum atomic E-state index is -2.92. The Labute approximate surface area is 96.1 Å². The van der Waals surface area contributed by atoms with Crippen LogP contribution in [0.15, 0.2) is 0 Å². The molecule has 0 spiro atoms. The van der Waals surface area contributed by atoms with E-state index in [1.807, 2.05) is 0 Å². The van der Waals surface area contributed by atoms with Gasteiger partial charge in [-0.1, -0.05) is 0 Å². The van der Waals surface area contributed by atoms with Crippen molar-refractivity contribution >= 4 is 15.7 Å². The predicted molar refractivity (Wildman–Crippen MR) is 60.9 cm³/mol. The lowest BCUT2D eigenvalue weighted by atomic mass is 10.2. The molecule has 16 heavy (non-hydrogen) atoms. The molecule has 92 valence electrons. The van der Waals surface area contributed by atoms with Gasteiger partial charge < -0.3 is 10.2 Å². The highest BCUT2D eigenvalue weighted by molar-refractivity contribution is 7.91. The zero-order valence-corrected chi connectivity index (χ0v) is 10.1. The smallest absolute Gasteiger partial charge is 0.239 e. The van der Waals surface area contributed by atoms with Crippen LogP contribution < -0.4 is 5.32 Å². The van der Waals surface area contributed by atoms with E-state index in [1.165, 1.54) is 0 Å². The highest BCUT2D eigenvalue weighted by Gasteiger charge is 2.29. The Morgan fingerprint density at radius 2 is 2.00 bits per heavy atom. The summed E-state index contributed by atoms with van der Waals surface area (Å²) >= 11 is 0. The molecule has 2 aliphatic heterocycles. The first kappa shape index (κ1) is 11.9. The highest BCUT2D eigenvalue weighted by atomic mass is 32.2. The minimum Gasteiger partial charge on any atom is -0.340 e. The maximum absolute atomic E-state index is 12.0. The van der Waals surface area contributed by atoms with Gasteiger partial charge in [0.05, 0.1) is 17.5 Å². The van der Waals surface area contributed by atoms with Crippen LogP contribution in [0.5, 0.6) is 0 Å². The lowest BCUT2D eigenvalue weighted by Gasteiger charge is -2.23. The van der Waals surface area contributed by atoms with Crippen LogP contribution in [0.1, 0.15) is 19.3 Å². The molecule has 0 saturated carbocycles. The van der Waals surface area contributed by atoms with Gasteiger partial charge in [-0.25, -0.2) is 8.42 Å². The molecule has 6 heteroatoms. The Kier molecular flexibility index (Phi) is 3.49. The second kappa shape index (κ2) is 4.71. The van der Waals surface area contributed by atoms with E-state index in [4.69, 9.17) is 0 Å².